The molecule has 23 heavy (non-hydrogen) atoms. The van der Waals surface area contributed by atoms with E-state index >= 15 is 0 Å². The second-order valence-electron chi connectivity index (χ2n) is 5.06. The lowest BCUT2D eigenvalue weighted by molar-refractivity contribution is 0.0699. The summed E-state index contributed by atoms with van der Waals surface area (Å²) in [6, 6.07) is 7.82. The Morgan fingerprint density at radius 2 is 1.87 bits per heavy atom. The average Bonchev–Trinajstić information content (AvgIpc) is 2.52. The highest BCUT2D eigenvalue weighted by Gasteiger charge is 2.16. The molecule has 0 saturated carbocycles. The first-order valence-electron chi connectivity index (χ1n) is 6.67. The number of benzene rings is 2. The van der Waals surface area contributed by atoms with Crippen LogP contribution in [0, 0.1) is 18.6 Å². The van der Waals surface area contributed by atoms with Gasteiger partial charge in [0.15, 0.2) is 11.6 Å². The maximum atomic E-state index is 13.4. The lowest BCUT2D eigenvalue weighted by Gasteiger charge is -2.10. The minimum atomic E-state index is -1.14. The SMILES string of the molecule is Cc1c(Cl)ccc2c(C(=O)O)cc(-c3ccc(F)c(F)c3)nc12. The maximum absolute atomic E-state index is 13.4. The van der Waals surface area contributed by atoms with Gasteiger partial charge in [0.2, 0.25) is 0 Å². The van der Waals surface area contributed by atoms with Gasteiger partial charge in [-0.15, -0.1) is 0 Å². The van der Waals surface area contributed by atoms with E-state index in [1.54, 1.807) is 19.1 Å². The van der Waals surface area contributed by atoms with Crippen LogP contribution in [0.2, 0.25) is 5.02 Å². The molecular weight excluding hydrogens is 324 g/mol. The topological polar surface area (TPSA) is 50.2 Å². The Balaban J connectivity index is 2.35. The fourth-order valence-electron chi connectivity index (χ4n) is 2.38. The van der Waals surface area contributed by atoms with E-state index in [2.05, 4.69) is 4.98 Å². The van der Waals surface area contributed by atoms with Gasteiger partial charge < -0.3 is 5.11 Å². The van der Waals surface area contributed by atoms with Crippen molar-refractivity contribution in [1.82, 2.24) is 4.98 Å². The maximum Gasteiger partial charge on any atom is 0.336 e. The van der Waals surface area contributed by atoms with Crippen molar-refractivity contribution in [3.63, 3.8) is 0 Å². The van der Waals surface area contributed by atoms with Gasteiger partial charge in [0.25, 0.3) is 0 Å². The summed E-state index contributed by atoms with van der Waals surface area (Å²) in [6.07, 6.45) is 0. The molecule has 0 aliphatic heterocycles. The van der Waals surface area contributed by atoms with Gasteiger partial charge in [0.05, 0.1) is 16.8 Å². The van der Waals surface area contributed by atoms with Crippen molar-refractivity contribution in [1.29, 1.82) is 0 Å². The molecule has 0 fully saturated rings. The summed E-state index contributed by atoms with van der Waals surface area (Å²) in [6.45, 7) is 1.72. The van der Waals surface area contributed by atoms with Crippen LogP contribution in [-0.2, 0) is 0 Å². The standard InChI is InChI=1S/C17H10ClF2NO2/c1-8-12(18)4-3-10-11(17(22)23)7-15(21-16(8)10)9-2-5-13(19)14(20)6-9/h2-7H,1H3,(H,22,23). The van der Waals surface area contributed by atoms with Gasteiger partial charge in [-0.2, -0.15) is 0 Å². The van der Waals surface area contributed by atoms with Crippen molar-refractivity contribution in [3.8, 4) is 11.3 Å². The largest absolute Gasteiger partial charge is 0.478 e. The van der Waals surface area contributed by atoms with E-state index in [0.29, 0.717) is 21.5 Å². The zero-order valence-electron chi connectivity index (χ0n) is 11.9. The first-order valence-corrected chi connectivity index (χ1v) is 7.05. The number of rotatable bonds is 2. The summed E-state index contributed by atoms with van der Waals surface area (Å²) in [5.41, 5.74) is 1.58. The molecule has 0 unspecified atom stereocenters. The number of nitrogens with zero attached hydrogens (tertiary/aromatic N) is 1. The molecule has 3 aromatic rings. The number of fused-ring (bicyclic) bond motifs is 1. The molecule has 0 atom stereocenters. The number of carboxylic acid groups (broad SMARTS) is 1. The zero-order chi connectivity index (χ0) is 16.7. The minimum absolute atomic E-state index is 0.0227. The van der Waals surface area contributed by atoms with Crippen LogP contribution in [0.15, 0.2) is 36.4 Å². The second kappa shape index (κ2) is 5.59. The number of aromatic carboxylic acids is 1. The van der Waals surface area contributed by atoms with Crippen LogP contribution in [0.4, 0.5) is 8.78 Å². The Morgan fingerprint density at radius 3 is 2.52 bits per heavy atom. The third-order valence-electron chi connectivity index (χ3n) is 3.61. The number of hydrogen-bond donors (Lipinski definition) is 1. The van der Waals surface area contributed by atoms with Crippen molar-refractivity contribution >= 4 is 28.5 Å². The Hall–Kier alpha value is -2.53. The number of aromatic nitrogens is 1. The molecule has 2 aromatic carbocycles. The monoisotopic (exact) mass is 333 g/mol. The summed E-state index contributed by atoms with van der Waals surface area (Å²) < 4.78 is 26.5. The van der Waals surface area contributed by atoms with E-state index in [0.717, 1.165) is 12.1 Å². The fourth-order valence-corrected chi connectivity index (χ4v) is 2.54. The molecule has 0 aliphatic carbocycles. The number of carboxylic acids is 1. The van der Waals surface area contributed by atoms with Crippen molar-refractivity contribution in [2.75, 3.05) is 0 Å². The third-order valence-corrected chi connectivity index (χ3v) is 4.02. The molecule has 1 heterocycles. The first-order chi connectivity index (χ1) is 10.9. The van der Waals surface area contributed by atoms with E-state index in [-0.39, 0.29) is 16.8 Å². The lowest BCUT2D eigenvalue weighted by Crippen LogP contribution is -2.01. The van der Waals surface area contributed by atoms with Crippen molar-refractivity contribution < 1.29 is 18.7 Å². The summed E-state index contributed by atoms with van der Waals surface area (Å²) in [4.78, 5) is 15.9. The van der Waals surface area contributed by atoms with Gasteiger partial charge in [-0.05, 0) is 42.8 Å². The van der Waals surface area contributed by atoms with Crippen LogP contribution >= 0.6 is 11.6 Å². The second-order valence-corrected chi connectivity index (χ2v) is 5.46. The summed E-state index contributed by atoms with van der Waals surface area (Å²) >= 11 is 6.07. The van der Waals surface area contributed by atoms with Gasteiger partial charge in [-0.3, -0.25) is 0 Å². The molecule has 116 valence electrons. The van der Waals surface area contributed by atoms with Gasteiger partial charge >= 0.3 is 5.97 Å². The Morgan fingerprint density at radius 1 is 1.13 bits per heavy atom. The van der Waals surface area contributed by atoms with E-state index in [4.69, 9.17) is 11.6 Å². The molecule has 0 aliphatic rings. The molecule has 0 amide bonds. The first kappa shape index (κ1) is 15.4. The zero-order valence-corrected chi connectivity index (χ0v) is 12.7. The Kier molecular flexibility index (Phi) is 3.74. The molecule has 0 radical (unpaired) electrons. The van der Waals surface area contributed by atoms with E-state index < -0.39 is 17.6 Å². The van der Waals surface area contributed by atoms with Gasteiger partial charge in [-0.25, -0.2) is 18.6 Å². The number of pyridine rings is 1. The van der Waals surface area contributed by atoms with Crippen LogP contribution in [-0.4, -0.2) is 16.1 Å². The van der Waals surface area contributed by atoms with Gasteiger partial charge in [0, 0.05) is 16.0 Å². The Labute approximate surface area is 135 Å². The molecule has 6 heteroatoms. The highest BCUT2D eigenvalue weighted by Crippen LogP contribution is 2.30. The number of halogens is 3. The third kappa shape index (κ3) is 2.64. The van der Waals surface area contributed by atoms with Crippen LogP contribution in [0.3, 0.4) is 0 Å². The smallest absolute Gasteiger partial charge is 0.336 e. The number of hydrogen-bond acceptors (Lipinski definition) is 2. The lowest BCUT2D eigenvalue weighted by atomic mass is 10.0. The summed E-state index contributed by atoms with van der Waals surface area (Å²) in [5, 5.41) is 10.3. The number of carbonyl (C=O) groups is 1. The van der Waals surface area contributed by atoms with E-state index in [9.17, 15) is 18.7 Å². The summed E-state index contributed by atoms with van der Waals surface area (Å²) in [5.74, 6) is -3.14. The molecular formula is C17H10ClF2NO2. The molecule has 0 bridgehead atoms. The number of aryl methyl sites for hydroxylation is 1. The molecule has 3 nitrogen and oxygen atoms in total. The molecule has 0 saturated heterocycles. The molecule has 0 spiro atoms. The van der Waals surface area contributed by atoms with Crippen molar-refractivity contribution in [3.05, 3.63) is 64.2 Å². The molecule has 3 rings (SSSR count). The van der Waals surface area contributed by atoms with Crippen molar-refractivity contribution in [2.24, 2.45) is 0 Å². The average molecular weight is 334 g/mol. The Bertz CT molecular complexity index is 957. The van der Waals surface area contributed by atoms with Crippen LogP contribution in [0.25, 0.3) is 22.2 Å². The van der Waals surface area contributed by atoms with E-state index in [1.807, 2.05) is 0 Å². The van der Waals surface area contributed by atoms with Crippen LogP contribution in [0.1, 0.15) is 15.9 Å². The van der Waals surface area contributed by atoms with Crippen LogP contribution < -0.4 is 0 Å². The fraction of sp³-hybridized carbons (Fsp3) is 0.0588. The summed E-state index contributed by atoms with van der Waals surface area (Å²) in [7, 11) is 0. The highest BCUT2D eigenvalue weighted by molar-refractivity contribution is 6.32. The van der Waals surface area contributed by atoms with E-state index in [1.165, 1.54) is 12.1 Å². The van der Waals surface area contributed by atoms with Crippen molar-refractivity contribution in [2.45, 2.75) is 6.92 Å². The molecule has 1 aromatic heterocycles. The van der Waals surface area contributed by atoms with Gasteiger partial charge in [-0.1, -0.05) is 17.7 Å². The highest BCUT2D eigenvalue weighted by atomic mass is 35.5. The minimum Gasteiger partial charge on any atom is -0.478 e. The van der Waals surface area contributed by atoms with Crippen LogP contribution in [0.5, 0.6) is 0 Å². The normalized spacial score (nSPS) is 11.0. The predicted octanol–water partition coefficient (Wildman–Crippen LogP) is 4.84. The van der Waals surface area contributed by atoms with Gasteiger partial charge in [0.1, 0.15) is 0 Å². The predicted molar refractivity (Wildman–Crippen MR) is 83.8 cm³/mol. The quantitative estimate of drug-likeness (QED) is 0.730. The molecule has 1 N–H and O–H groups in total.